The van der Waals surface area contributed by atoms with Crippen LogP contribution in [0.5, 0.6) is 0 Å². The van der Waals surface area contributed by atoms with E-state index in [4.69, 9.17) is 10.5 Å². The molecule has 0 radical (unpaired) electrons. The lowest BCUT2D eigenvalue weighted by atomic mass is 10.2. The lowest BCUT2D eigenvalue weighted by Gasteiger charge is -2.18. The zero-order valence-electron chi connectivity index (χ0n) is 12.1. The van der Waals surface area contributed by atoms with Crippen molar-refractivity contribution in [2.24, 2.45) is 11.7 Å². The van der Waals surface area contributed by atoms with Crippen molar-refractivity contribution in [3.63, 3.8) is 0 Å². The summed E-state index contributed by atoms with van der Waals surface area (Å²) in [6, 6.07) is 3.89. The number of benzene rings is 1. The van der Waals surface area contributed by atoms with Gasteiger partial charge in [0.2, 0.25) is 10.0 Å². The van der Waals surface area contributed by atoms with Crippen molar-refractivity contribution in [1.82, 2.24) is 4.31 Å². The SMILES string of the molecule is CN(CCOCC1CC1)S(=O)(=O)c1cc(CN)ccc1F. The Balaban J connectivity index is 2.01. The normalized spacial score (nSPS) is 15.6. The minimum atomic E-state index is -3.86. The Bertz CT molecular complexity index is 588. The van der Waals surface area contributed by atoms with E-state index < -0.39 is 15.8 Å². The molecule has 1 saturated carbocycles. The van der Waals surface area contributed by atoms with Crippen LogP contribution in [0.4, 0.5) is 4.39 Å². The minimum absolute atomic E-state index is 0.164. The summed E-state index contributed by atoms with van der Waals surface area (Å²) in [5, 5.41) is 0. The van der Waals surface area contributed by atoms with Gasteiger partial charge in [-0.15, -0.1) is 0 Å². The highest BCUT2D eigenvalue weighted by atomic mass is 32.2. The van der Waals surface area contributed by atoms with Crippen LogP contribution in [0.1, 0.15) is 18.4 Å². The van der Waals surface area contributed by atoms with Crippen molar-refractivity contribution >= 4 is 10.0 Å². The van der Waals surface area contributed by atoms with Crippen molar-refractivity contribution < 1.29 is 17.5 Å². The number of sulfonamides is 1. The topological polar surface area (TPSA) is 72.6 Å². The number of halogens is 1. The maximum Gasteiger partial charge on any atom is 0.245 e. The first-order chi connectivity index (χ1) is 9.95. The third-order valence-corrected chi connectivity index (χ3v) is 5.39. The highest BCUT2D eigenvalue weighted by Gasteiger charge is 2.25. The van der Waals surface area contributed by atoms with Crippen molar-refractivity contribution in [1.29, 1.82) is 0 Å². The summed E-state index contributed by atoms with van der Waals surface area (Å²) in [6.07, 6.45) is 2.37. The quantitative estimate of drug-likeness (QED) is 0.735. The second kappa shape index (κ2) is 6.83. The fourth-order valence-corrected chi connectivity index (χ4v) is 3.15. The van der Waals surface area contributed by atoms with E-state index in [9.17, 15) is 12.8 Å². The summed E-state index contributed by atoms with van der Waals surface area (Å²) in [4.78, 5) is -0.338. The molecule has 0 amide bonds. The average molecular weight is 316 g/mol. The molecular formula is C14H21FN2O3S. The summed E-state index contributed by atoms with van der Waals surface area (Å²) in [5.41, 5.74) is 6.05. The molecule has 1 aromatic carbocycles. The van der Waals surface area contributed by atoms with Crippen molar-refractivity contribution in [2.75, 3.05) is 26.8 Å². The van der Waals surface area contributed by atoms with Crippen LogP contribution in [0.25, 0.3) is 0 Å². The van der Waals surface area contributed by atoms with Crippen LogP contribution < -0.4 is 5.73 Å². The van der Waals surface area contributed by atoms with Crippen LogP contribution in [-0.2, 0) is 21.3 Å². The molecule has 0 unspecified atom stereocenters. The third-order valence-electron chi connectivity index (χ3n) is 3.52. The van der Waals surface area contributed by atoms with E-state index in [1.54, 1.807) is 0 Å². The molecule has 0 spiro atoms. The molecule has 0 atom stereocenters. The first-order valence-corrected chi connectivity index (χ1v) is 8.41. The van der Waals surface area contributed by atoms with Crippen LogP contribution in [-0.4, -0.2) is 39.5 Å². The van der Waals surface area contributed by atoms with Gasteiger partial charge in [-0.3, -0.25) is 0 Å². The summed E-state index contributed by atoms with van der Waals surface area (Å²) in [6.45, 7) is 1.34. The molecule has 0 heterocycles. The third kappa shape index (κ3) is 4.23. The van der Waals surface area contributed by atoms with Gasteiger partial charge in [-0.25, -0.2) is 12.8 Å². The van der Waals surface area contributed by atoms with E-state index >= 15 is 0 Å². The largest absolute Gasteiger partial charge is 0.380 e. The summed E-state index contributed by atoms with van der Waals surface area (Å²) in [5.74, 6) is -0.136. The lowest BCUT2D eigenvalue weighted by molar-refractivity contribution is 0.117. The zero-order chi connectivity index (χ0) is 15.5. The number of rotatable bonds is 8. The van der Waals surface area contributed by atoms with E-state index in [1.165, 1.54) is 32.0 Å². The Labute approximate surface area is 124 Å². The number of hydrogen-bond donors (Lipinski definition) is 1. The van der Waals surface area contributed by atoms with Gasteiger partial charge in [0, 0.05) is 26.7 Å². The molecule has 1 aromatic rings. The Morgan fingerprint density at radius 1 is 1.43 bits per heavy atom. The Kier molecular flexibility index (Phi) is 5.32. The molecule has 1 fully saturated rings. The molecule has 0 aromatic heterocycles. The van der Waals surface area contributed by atoms with Gasteiger partial charge in [0.15, 0.2) is 0 Å². The van der Waals surface area contributed by atoms with Crippen LogP contribution >= 0.6 is 0 Å². The molecule has 0 bridgehead atoms. The predicted octanol–water partition coefficient (Wildman–Crippen LogP) is 1.33. The highest BCUT2D eigenvalue weighted by molar-refractivity contribution is 7.89. The Hall–Kier alpha value is -1.02. The molecule has 0 saturated heterocycles. The first kappa shape index (κ1) is 16.4. The molecule has 2 N–H and O–H groups in total. The summed E-state index contributed by atoms with van der Waals surface area (Å²) in [7, 11) is -2.44. The number of ether oxygens (including phenoxy) is 1. The predicted molar refractivity (Wildman–Crippen MR) is 77.7 cm³/mol. The summed E-state index contributed by atoms with van der Waals surface area (Å²) >= 11 is 0. The van der Waals surface area contributed by atoms with Gasteiger partial charge in [0.25, 0.3) is 0 Å². The highest BCUT2D eigenvalue weighted by Crippen LogP contribution is 2.28. The van der Waals surface area contributed by atoms with Crippen LogP contribution in [0.15, 0.2) is 23.1 Å². The Morgan fingerprint density at radius 3 is 2.76 bits per heavy atom. The second-order valence-electron chi connectivity index (χ2n) is 5.31. The van der Waals surface area contributed by atoms with Crippen molar-refractivity contribution in [3.05, 3.63) is 29.6 Å². The molecular weight excluding hydrogens is 295 g/mol. The number of likely N-dealkylation sites (N-methyl/N-ethyl adjacent to an activating group) is 1. The number of hydrogen-bond acceptors (Lipinski definition) is 4. The van der Waals surface area contributed by atoms with Gasteiger partial charge in [-0.05, 0) is 36.5 Å². The summed E-state index contributed by atoms with van der Waals surface area (Å²) < 4.78 is 45.0. The number of nitrogens with two attached hydrogens (primary N) is 1. The van der Waals surface area contributed by atoms with Gasteiger partial charge in [-0.1, -0.05) is 6.07 Å². The van der Waals surface area contributed by atoms with Gasteiger partial charge in [-0.2, -0.15) is 4.31 Å². The average Bonchev–Trinajstić information content (AvgIpc) is 3.27. The molecule has 5 nitrogen and oxygen atoms in total. The Morgan fingerprint density at radius 2 is 2.14 bits per heavy atom. The fraction of sp³-hybridized carbons (Fsp3) is 0.571. The lowest BCUT2D eigenvalue weighted by Crippen LogP contribution is -2.31. The molecule has 1 aliphatic rings. The standard InChI is InChI=1S/C14H21FN2O3S/c1-17(6-7-20-10-11-2-3-11)21(18,19)14-8-12(9-16)4-5-13(14)15/h4-5,8,11H,2-3,6-7,9-10,16H2,1H3. The molecule has 0 aliphatic heterocycles. The van der Waals surface area contributed by atoms with E-state index in [2.05, 4.69) is 0 Å². The van der Waals surface area contributed by atoms with Crippen molar-refractivity contribution in [2.45, 2.75) is 24.3 Å². The van der Waals surface area contributed by atoms with E-state index in [-0.39, 0.29) is 18.0 Å². The monoisotopic (exact) mass is 316 g/mol. The van der Waals surface area contributed by atoms with E-state index in [0.717, 1.165) is 10.4 Å². The van der Waals surface area contributed by atoms with Gasteiger partial charge in [0.1, 0.15) is 10.7 Å². The van der Waals surface area contributed by atoms with E-state index in [0.29, 0.717) is 24.7 Å². The maximum absolute atomic E-state index is 13.8. The van der Waals surface area contributed by atoms with Crippen LogP contribution in [0.2, 0.25) is 0 Å². The molecule has 7 heteroatoms. The molecule has 1 aliphatic carbocycles. The van der Waals surface area contributed by atoms with Gasteiger partial charge in [0.05, 0.1) is 6.61 Å². The van der Waals surface area contributed by atoms with Gasteiger partial charge < -0.3 is 10.5 Å². The molecule has 2 rings (SSSR count). The van der Waals surface area contributed by atoms with Crippen LogP contribution in [0.3, 0.4) is 0 Å². The first-order valence-electron chi connectivity index (χ1n) is 6.97. The van der Waals surface area contributed by atoms with Gasteiger partial charge >= 0.3 is 0 Å². The second-order valence-corrected chi connectivity index (χ2v) is 7.33. The minimum Gasteiger partial charge on any atom is -0.380 e. The molecule has 21 heavy (non-hydrogen) atoms. The smallest absolute Gasteiger partial charge is 0.245 e. The number of nitrogens with zero attached hydrogens (tertiary/aromatic N) is 1. The van der Waals surface area contributed by atoms with E-state index in [1.807, 2.05) is 0 Å². The van der Waals surface area contributed by atoms with Crippen molar-refractivity contribution in [3.8, 4) is 0 Å². The molecule has 118 valence electrons. The van der Waals surface area contributed by atoms with Crippen LogP contribution in [0, 0.1) is 11.7 Å². The maximum atomic E-state index is 13.8. The zero-order valence-corrected chi connectivity index (χ0v) is 12.9. The fourth-order valence-electron chi connectivity index (χ4n) is 1.89.